The minimum atomic E-state index is -0.853. The molecule has 10 heavy (non-hydrogen) atoms. The summed E-state index contributed by atoms with van der Waals surface area (Å²) in [6.07, 6.45) is 1.47. The Labute approximate surface area is 59.7 Å². The molecule has 1 rings (SSSR count). The summed E-state index contributed by atoms with van der Waals surface area (Å²) in [5.74, 6) is -0.853. The highest BCUT2D eigenvalue weighted by molar-refractivity contribution is 5.76. The average molecular weight is 144 g/mol. The van der Waals surface area contributed by atoms with E-state index in [0.717, 1.165) is 6.42 Å². The van der Waals surface area contributed by atoms with Crippen LogP contribution in [0.15, 0.2) is 0 Å². The molecule has 0 amide bonds. The second-order valence-corrected chi connectivity index (χ2v) is 2.99. The predicted octanol–water partition coefficient (Wildman–Crippen LogP) is 0.622. The fourth-order valence-corrected chi connectivity index (χ4v) is 1.37. The Morgan fingerprint density at radius 3 is 2.10 bits per heavy atom. The number of hydrogen-bond acceptors (Lipinski definition) is 2. The van der Waals surface area contributed by atoms with Gasteiger partial charge in [0.05, 0.1) is 11.5 Å². The van der Waals surface area contributed by atoms with Gasteiger partial charge in [-0.15, -0.1) is 0 Å². The highest BCUT2D eigenvalue weighted by Gasteiger charge is 2.48. The van der Waals surface area contributed by atoms with Crippen molar-refractivity contribution in [2.24, 2.45) is 5.41 Å². The summed E-state index contributed by atoms with van der Waals surface area (Å²) >= 11 is 0. The van der Waals surface area contributed by atoms with Crippen molar-refractivity contribution in [1.29, 1.82) is 0 Å². The largest absolute Gasteiger partial charge is 0.481 e. The van der Waals surface area contributed by atoms with Gasteiger partial charge >= 0.3 is 5.97 Å². The van der Waals surface area contributed by atoms with Gasteiger partial charge in [0.2, 0.25) is 0 Å². The lowest BCUT2D eigenvalue weighted by molar-refractivity contribution is -0.164. The lowest BCUT2D eigenvalue weighted by Crippen LogP contribution is -2.46. The second-order valence-electron chi connectivity index (χ2n) is 2.99. The van der Waals surface area contributed by atoms with Gasteiger partial charge in [0.15, 0.2) is 0 Å². The molecule has 0 saturated heterocycles. The summed E-state index contributed by atoms with van der Waals surface area (Å²) in [6, 6.07) is 0. The molecular formula is C7H12O3. The Balaban J connectivity index is 2.68. The number of carboxylic acids is 1. The first-order valence-corrected chi connectivity index (χ1v) is 3.51. The molecule has 0 aliphatic heterocycles. The van der Waals surface area contributed by atoms with Crippen LogP contribution in [0.4, 0.5) is 0 Å². The molecule has 1 aliphatic carbocycles. The van der Waals surface area contributed by atoms with Crippen LogP contribution >= 0.6 is 0 Å². The Bertz CT molecular complexity index is 147. The van der Waals surface area contributed by atoms with Crippen LogP contribution in [0, 0.1) is 5.41 Å². The molecule has 1 atom stereocenters. The SMILES string of the molecule is CC(O)C1(C(=O)O)CCC1. The molecule has 1 fully saturated rings. The van der Waals surface area contributed by atoms with Crippen LogP contribution in [0.1, 0.15) is 26.2 Å². The van der Waals surface area contributed by atoms with E-state index >= 15 is 0 Å². The van der Waals surface area contributed by atoms with E-state index in [1.165, 1.54) is 0 Å². The molecular weight excluding hydrogens is 132 g/mol. The topological polar surface area (TPSA) is 57.5 Å². The van der Waals surface area contributed by atoms with Crippen molar-refractivity contribution in [1.82, 2.24) is 0 Å². The maximum Gasteiger partial charge on any atom is 0.312 e. The summed E-state index contributed by atoms with van der Waals surface area (Å²) in [4.78, 5) is 10.6. The molecule has 0 heterocycles. The minimum absolute atomic E-state index is 0.625. The van der Waals surface area contributed by atoms with Crippen LogP contribution in [0.5, 0.6) is 0 Å². The van der Waals surface area contributed by atoms with Crippen LogP contribution in [0.3, 0.4) is 0 Å². The van der Waals surface area contributed by atoms with Gasteiger partial charge in [0.1, 0.15) is 0 Å². The normalized spacial score (nSPS) is 25.0. The van der Waals surface area contributed by atoms with E-state index in [4.69, 9.17) is 10.2 Å². The first kappa shape index (κ1) is 7.54. The Hall–Kier alpha value is -0.570. The molecule has 0 aromatic heterocycles. The van der Waals surface area contributed by atoms with E-state index in [9.17, 15) is 4.79 Å². The standard InChI is InChI=1S/C7H12O3/c1-5(8)7(6(9)10)3-2-4-7/h5,8H,2-4H2,1H3,(H,9,10). The van der Waals surface area contributed by atoms with Crippen LogP contribution in [-0.2, 0) is 4.79 Å². The molecule has 0 aromatic rings. The van der Waals surface area contributed by atoms with Gasteiger partial charge in [-0.1, -0.05) is 6.42 Å². The summed E-state index contributed by atoms with van der Waals surface area (Å²) in [6.45, 7) is 1.55. The fraction of sp³-hybridized carbons (Fsp3) is 0.857. The number of aliphatic hydroxyl groups excluding tert-OH is 1. The van der Waals surface area contributed by atoms with Crippen molar-refractivity contribution < 1.29 is 15.0 Å². The quantitative estimate of drug-likeness (QED) is 0.597. The monoisotopic (exact) mass is 144 g/mol. The number of hydrogen-bond donors (Lipinski definition) is 2. The van der Waals surface area contributed by atoms with E-state index < -0.39 is 17.5 Å². The third-order valence-corrected chi connectivity index (χ3v) is 2.47. The van der Waals surface area contributed by atoms with Crippen molar-refractivity contribution in [3.05, 3.63) is 0 Å². The van der Waals surface area contributed by atoms with E-state index in [1.807, 2.05) is 0 Å². The van der Waals surface area contributed by atoms with Crippen LogP contribution in [0.25, 0.3) is 0 Å². The van der Waals surface area contributed by atoms with E-state index in [2.05, 4.69) is 0 Å². The van der Waals surface area contributed by atoms with Crippen molar-refractivity contribution in [3.8, 4) is 0 Å². The molecule has 1 aliphatic rings. The van der Waals surface area contributed by atoms with Gasteiger partial charge in [-0.2, -0.15) is 0 Å². The van der Waals surface area contributed by atoms with Crippen LogP contribution in [-0.4, -0.2) is 22.3 Å². The molecule has 2 N–H and O–H groups in total. The Kier molecular flexibility index (Phi) is 1.68. The second kappa shape index (κ2) is 2.23. The summed E-state index contributed by atoms with van der Waals surface area (Å²) < 4.78 is 0. The van der Waals surface area contributed by atoms with Crippen LogP contribution in [0.2, 0.25) is 0 Å². The number of carbonyl (C=O) groups is 1. The summed E-state index contributed by atoms with van der Waals surface area (Å²) in [5, 5.41) is 17.8. The maximum atomic E-state index is 10.6. The zero-order valence-electron chi connectivity index (χ0n) is 6.00. The molecule has 3 nitrogen and oxygen atoms in total. The lowest BCUT2D eigenvalue weighted by atomic mass is 9.65. The van der Waals surface area contributed by atoms with Crippen molar-refractivity contribution >= 4 is 5.97 Å². The van der Waals surface area contributed by atoms with Crippen molar-refractivity contribution in [3.63, 3.8) is 0 Å². The minimum Gasteiger partial charge on any atom is -0.481 e. The lowest BCUT2D eigenvalue weighted by Gasteiger charge is -2.39. The number of aliphatic hydroxyl groups is 1. The van der Waals surface area contributed by atoms with E-state index in [-0.39, 0.29) is 0 Å². The molecule has 0 spiro atoms. The molecule has 0 radical (unpaired) electrons. The maximum absolute atomic E-state index is 10.6. The van der Waals surface area contributed by atoms with Gasteiger partial charge in [-0.25, -0.2) is 0 Å². The van der Waals surface area contributed by atoms with Gasteiger partial charge in [0.25, 0.3) is 0 Å². The smallest absolute Gasteiger partial charge is 0.312 e. The van der Waals surface area contributed by atoms with E-state index in [0.29, 0.717) is 12.8 Å². The van der Waals surface area contributed by atoms with Crippen molar-refractivity contribution in [2.75, 3.05) is 0 Å². The molecule has 1 unspecified atom stereocenters. The predicted molar refractivity (Wildman–Crippen MR) is 35.6 cm³/mol. The number of aliphatic carboxylic acids is 1. The molecule has 0 bridgehead atoms. The van der Waals surface area contributed by atoms with Crippen molar-refractivity contribution in [2.45, 2.75) is 32.3 Å². The number of rotatable bonds is 2. The first-order chi connectivity index (χ1) is 4.59. The Morgan fingerprint density at radius 2 is 2.10 bits per heavy atom. The van der Waals surface area contributed by atoms with Gasteiger partial charge in [-0.3, -0.25) is 4.79 Å². The summed E-state index contributed by atoms with van der Waals surface area (Å²) in [5.41, 5.74) is -0.806. The zero-order chi connectivity index (χ0) is 7.78. The Morgan fingerprint density at radius 1 is 1.60 bits per heavy atom. The highest BCUT2D eigenvalue weighted by atomic mass is 16.4. The first-order valence-electron chi connectivity index (χ1n) is 3.51. The third-order valence-electron chi connectivity index (χ3n) is 2.47. The van der Waals surface area contributed by atoms with E-state index in [1.54, 1.807) is 6.92 Å². The number of carboxylic acid groups (broad SMARTS) is 1. The zero-order valence-corrected chi connectivity index (χ0v) is 6.00. The highest BCUT2D eigenvalue weighted by Crippen LogP contribution is 2.43. The van der Waals surface area contributed by atoms with Gasteiger partial charge < -0.3 is 10.2 Å². The molecule has 58 valence electrons. The van der Waals surface area contributed by atoms with Gasteiger partial charge in [0, 0.05) is 0 Å². The molecule has 1 saturated carbocycles. The third kappa shape index (κ3) is 0.814. The van der Waals surface area contributed by atoms with Crippen LogP contribution < -0.4 is 0 Å². The molecule has 0 aromatic carbocycles. The van der Waals surface area contributed by atoms with Gasteiger partial charge in [-0.05, 0) is 19.8 Å². The average Bonchev–Trinajstić information content (AvgIpc) is 1.57. The summed E-state index contributed by atoms with van der Waals surface area (Å²) in [7, 11) is 0. The molecule has 3 heteroatoms. The fourth-order valence-electron chi connectivity index (χ4n) is 1.37.